The Hall–Kier alpha value is -2.67. The van der Waals surface area contributed by atoms with Gasteiger partial charge in [-0.05, 0) is 31.2 Å². The smallest absolute Gasteiger partial charge is 0.143 e. The van der Waals surface area contributed by atoms with Crippen LogP contribution in [-0.4, -0.2) is 9.55 Å². The van der Waals surface area contributed by atoms with E-state index in [1.54, 1.807) is 24.3 Å². The lowest BCUT2D eigenvalue weighted by Gasteiger charge is -2.05. The SMILES string of the molecule is Cc1ccc(F)c(-c2nc3c(C#N)cccc3n2C)c1. The van der Waals surface area contributed by atoms with Crippen molar-refractivity contribution in [3.05, 3.63) is 53.3 Å². The zero-order valence-electron chi connectivity index (χ0n) is 11.2. The third-order valence-corrected chi connectivity index (χ3v) is 3.39. The summed E-state index contributed by atoms with van der Waals surface area (Å²) in [6.45, 7) is 1.91. The van der Waals surface area contributed by atoms with Crippen LogP contribution < -0.4 is 0 Å². The summed E-state index contributed by atoms with van der Waals surface area (Å²) in [7, 11) is 1.83. The van der Waals surface area contributed by atoms with Crippen molar-refractivity contribution in [2.75, 3.05) is 0 Å². The van der Waals surface area contributed by atoms with E-state index in [9.17, 15) is 4.39 Å². The van der Waals surface area contributed by atoms with Gasteiger partial charge >= 0.3 is 0 Å². The van der Waals surface area contributed by atoms with Crippen molar-refractivity contribution in [3.8, 4) is 17.5 Å². The van der Waals surface area contributed by atoms with E-state index in [1.807, 2.05) is 24.6 Å². The second-order valence-electron chi connectivity index (χ2n) is 4.76. The molecule has 98 valence electrons. The first-order chi connectivity index (χ1) is 9.61. The molecule has 1 heterocycles. The highest BCUT2D eigenvalue weighted by molar-refractivity contribution is 5.85. The second-order valence-corrected chi connectivity index (χ2v) is 4.76. The molecule has 0 atom stereocenters. The Balaban J connectivity index is 2.36. The fourth-order valence-corrected chi connectivity index (χ4v) is 2.36. The van der Waals surface area contributed by atoms with Crippen LogP contribution in [-0.2, 0) is 7.05 Å². The largest absolute Gasteiger partial charge is 0.327 e. The van der Waals surface area contributed by atoms with Crippen molar-refractivity contribution in [1.29, 1.82) is 5.26 Å². The number of rotatable bonds is 1. The molecule has 20 heavy (non-hydrogen) atoms. The molecule has 0 fully saturated rings. The number of aryl methyl sites for hydroxylation is 2. The van der Waals surface area contributed by atoms with Crippen LogP contribution in [0.4, 0.5) is 4.39 Å². The van der Waals surface area contributed by atoms with Crippen LogP contribution in [0.5, 0.6) is 0 Å². The number of hydrogen-bond donors (Lipinski definition) is 0. The van der Waals surface area contributed by atoms with Gasteiger partial charge in [-0.15, -0.1) is 0 Å². The van der Waals surface area contributed by atoms with Gasteiger partial charge in [0.05, 0.1) is 16.6 Å². The van der Waals surface area contributed by atoms with Crippen molar-refractivity contribution in [2.45, 2.75) is 6.92 Å². The van der Waals surface area contributed by atoms with Crippen LogP contribution in [0.25, 0.3) is 22.4 Å². The maximum absolute atomic E-state index is 14.0. The number of para-hydroxylation sites is 1. The average Bonchev–Trinajstić information content (AvgIpc) is 2.79. The Morgan fingerprint density at radius 3 is 2.80 bits per heavy atom. The summed E-state index contributed by atoms with van der Waals surface area (Å²) in [5.41, 5.74) is 3.34. The Kier molecular flexibility index (Phi) is 2.76. The molecule has 4 heteroatoms. The molecule has 0 bridgehead atoms. The van der Waals surface area contributed by atoms with Crippen molar-refractivity contribution < 1.29 is 4.39 Å². The van der Waals surface area contributed by atoms with Gasteiger partial charge in [0, 0.05) is 7.05 Å². The standard InChI is InChI=1S/C16H12FN3/c1-10-6-7-13(17)12(8-10)16-19-15-11(9-18)4-3-5-14(15)20(16)2/h3-8H,1-2H3. The minimum absolute atomic E-state index is 0.312. The zero-order valence-corrected chi connectivity index (χ0v) is 11.2. The summed E-state index contributed by atoms with van der Waals surface area (Å²) in [6.07, 6.45) is 0. The Morgan fingerprint density at radius 2 is 2.05 bits per heavy atom. The van der Waals surface area contributed by atoms with Gasteiger partial charge in [0.15, 0.2) is 0 Å². The van der Waals surface area contributed by atoms with E-state index in [4.69, 9.17) is 5.26 Å². The minimum Gasteiger partial charge on any atom is -0.327 e. The normalized spacial score (nSPS) is 10.7. The Labute approximate surface area is 115 Å². The Morgan fingerprint density at radius 1 is 1.25 bits per heavy atom. The third-order valence-electron chi connectivity index (χ3n) is 3.39. The molecule has 0 aliphatic carbocycles. The quantitative estimate of drug-likeness (QED) is 0.675. The first-order valence-electron chi connectivity index (χ1n) is 6.24. The molecule has 0 N–H and O–H groups in total. The third kappa shape index (κ3) is 1.76. The highest BCUT2D eigenvalue weighted by atomic mass is 19.1. The molecule has 0 spiro atoms. The number of hydrogen-bond acceptors (Lipinski definition) is 2. The topological polar surface area (TPSA) is 41.6 Å². The molecule has 2 aromatic carbocycles. The lowest BCUT2D eigenvalue weighted by Crippen LogP contribution is -1.95. The maximum Gasteiger partial charge on any atom is 0.143 e. The number of aromatic nitrogens is 2. The highest BCUT2D eigenvalue weighted by Crippen LogP contribution is 2.27. The van der Waals surface area contributed by atoms with E-state index in [0.29, 0.717) is 22.5 Å². The molecule has 0 aliphatic heterocycles. The number of nitriles is 1. The molecule has 0 saturated carbocycles. The zero-order chi connectivity index (χ0) is 14.3. The number of fused-ring (bicyclic) bond motifs is 1. The summed E-state index contributed by atoms with van der Waals surface area (Å²) in [5, 5.41) is 9.13. The lowest BCUT2D eigenvalue weighted by molar-refractivity contribution is 0.628. The molecule has 0 aliphatic rings. The fourth-order valence-electron chi connectivity index (χ4n) is 2.36. The van der Waals surface area contributed by atoms with Crippen LogP contribution >= 0.6 is 0 Å². The summed E-state index contributed by atoms with van der Waals surface area (Å²) >= 11 is 0. The van der Waals surface area contributed by atoms with Gasteiger partial charge in [-0.2, -0.15) is 5.26 Å². The lowest BCUT2D eigenvalue weighted by atomic mass is 10.1. The van der Waals surface area contributed by atoms with Crippen molar-refractivity contribution >= 4 is 11.0 Å². The first-order valence-corrected chi connectivity index (χ1v) is 6.24. The van der Waals surface area contributed by atoms with Crippen molar-refractivity contribution in [3.63, 3.8) is 0 Å². The first kappa shape index (κ1) is 12.4. The summed E-state index contributed by atoms with van der Waals surface area (Å²) in [5.74, 6) is 0.219. The number of nitrogens with zero attached hydrogens (tertiary/aromatic N) is 3. The van der Waals surface area contributed by atoms with Crippen LogP contribution in [0.15, 0.2) is 36.4 Å². The average molecular weight is 265 g/mol. The molecule has 1 aromatic heterocycles. The number of halogens is 1. The monoisotopic (exact) mass is 265 g/mol. The molecule has 0 saturated heterocycles. The summed E-state index contributed by atoms with van der Waals surface area (Å²) in [4.78, 5) is 4.46. The fraction of sp³-hybridized carbons (Fsp3) is 0.125. The van der Waals surface area contributed by atoms with E-state index in [1.165, 1.54) is 6.07 Å². The van der Waals surface area contributed by atoms with Gasteiger partial charge in [-0.3, -0.25) is 0 Å². The number of imidazole rings is 1. The minimum atomic E-state index is -0.312. The van der Waals surface area contributed by atoms with Crippen molar-refractivity contribution in [2.24, 2.45) is 7.05 Å². The predicted octanol–water partition coefficient (Wildman–Crippen LogP) is 3.56. The summed E-state index contributed by atoms with van der Waals surface area (Å²) in [6, 6.07) is 12.4. The van der Waals surface area contributed by atoms with Gasteiger partial charge in [0.2, 0.25) is 0 Å². The molecule has 0 radical (unpaired) electrons. The number of benzene rings is 2. The van der Waals surface area contributed by atoms with Gasteiger partial charge in [0.1, 0.15) is 23.2 Å². The molecule has 0 unspecified atom stereocenters. The van der Waals surface area contributed by atoms with E-state index in [0.717, 1.165) is 11.1 Å². The highest BCUT2D eigenvalue weighted by Gasteiger charge is 2.15. The van der Waals surface area contributed by atoms with Crippen molar-refractivity contribution in [1.82, 2.24) is 9.55 Å². The molecule has 3 nitrogen and oxygen atoms in total. The van der Waals surface area contributed by atoms with Crippen LogP contribution in [0.2, 0.25) is 0 Å². The van der Waals surface area contributed by atoms with Crippen LogP contribution in [0.3, 0.4) is 0 Å². The Bertz CT molecular complexity index is 856. The summed E-state index contributed by atoms with van der Waals surface area (Å²) < 4.78 is 15.8. The maximum atomic E-state index is 14.0. The molecule has 3 rings (SSSR count). The van der Waals surface area contributed by atoms with Crippen LogP contribution in [0.1, 0.15) is 11.1 Å². The molecular weight excluding hydrogens is 253 g/mol. The van der Waals surface area contributed by atoms with Gasteiger partial charge < -0.3 is 4.57 Å². The van der Waals surface area contributed by atoms with E-state index in [-0.39, 0.29) is 5.82 Å². The van der Waals surface area contributed by atoms with Crippen LogP contribution in [0, 0.1) is 24.1 Å². The van der Waals surface area contributed by atoms with E-state index in [2.05, 4.69) is 11.1 Å². The van der Waals surface area contributed by atoms with E-state index < -0.39 is 0 Å². The molecular formula is C16H12FN3. The molecule has 3 aromatic rings. The second kappa shape index (κ2) is 4.46. The van der Waals surface area contributed by atoms with Gasteiger partial charge in [0.25, 0.3) is 0 Å². The predicted molar refractivity (Wildman–Crippen MR) is 75.6 cm³/mol. The molecule has 0 amide bonds. The van der Waals surface area contributed by atoms with E-state index >= 15 is 0 Å². The van der Waals surface area contributed by atoms with Gasteiger partial charge in [-0.25, -0.2) is 9.37 Å². The van der Waals surface area contributed by atoms with Gasteiger partial charge in [-0.1, -0.05) is 17.7 Å².